The number of carbonyl (C=O) groups is 1. The number of anilines is 1. The smallest absolute Gasteiger partial charge is 0.258 e. The highest BCUT2D eigenvalue weighted by atomic mass is 19.1. The highest BCUT2D eigenvalue weighted by molar-refractivity contribution is 6.05. The number of halogens is 1. The predicted molar refractivity (Wildman–Crippen MR) is 76.8 cm³/mol. The minimum absolute atomic E-state index is 0.0404. The van der Waals surface area contributed by atoms with E-state index in [4.69, 9.17) is 10.00 Å². The summed E-state index contributed by atoms with van der Waals surface area (Å²) in [5.41, 5.74) is 1.14. The summed E-state index contributed by atoms with van der Waals surface area (Å²) in [5.74, 6) is -0.780. The summed E-state index contributed by atoms with van der Waals surface area (Å²) >= 11 is 0. The van der Waals surface area contributed by atoms with Gasteiger partial charge in [0.05, 0.1) is 30.0 Å². The van der Waals surface area contributed by atoms with Crippen molar-refractivity contribution in [2.75, 3.05) is 12.4 Å². The van der Waals surface area contributed by atoms with Crippen molar-refractivity contribution in [1.29, 1.82) is 5.26 Å². The molecule has 2 aromatic rings. The van der Waals surface area contributed by atoms with Gasteiger partial charge < -0.3 is 10.1 Å². The number of hydrogen-bond donors (Lipinski definition) is 1. The second-order valence-electron chi connectivity index (χ2n) is 4.42. The normalized spacial score (nSPS) is 9.81. The third kappa shape index (κ3) is 3.00. The lowest BCUT2D eigenvalue weighted by atomic mass is 10.1. The third-order valence-electron chi connectivity index (χ3n) is 3.02. The number of nitrogens with zero attached hydrogens (tertiary/aromatic N) is 1. The van der Waals surface area contributed by atoms with E-state index in [0.717, 1.165) is 0 Å². The zero-order valence-electron chi connectivity index (χ0n) is 11.6. The Labute approximate surface area is 121 Å². The van der Waals surface area contributed by atoms with E-state index in [2.05, 4.69) is 5.32 Å². The molecule has 0 bridgehead atoms. The van der Waals surface area contributed by atoms with Crippen LogP contribution in [0.4, 0.5) is 10.1 Å². The summed E-state index contributed by atoms with van der Waals surface area (Å²) in [6, 6.07) is 11.2. The molecule has 0 aliphatic carbocycles. The molecule has 0 saturated heterocycles. The van der Waals surface area contributed by atoms with Gasteiger partial charge in [-0.2, -0.15) is 5.26 Å². The van der Waals surface area contributed by atoms with E-state index in [1.54, 1.807) is 31.2 Å². The van der Waals surface area contributed by atoms with Crippen LogP contribution in [0.5, 0.6) is 5.75 Å². The molecule has 0 heterocycles. The SMILES string of the molecule is COc1cc(C#N)ccc1NC(=O)c1cccc(C)c1F. The summed E-state index contributed by atoms with van der Waals surface area (Å²) in [6.07, 6.45) is 0. The number of rotatable bonds is 3. The maximum absolute atomic E-state index is 13.9. The van der Waals surface area contributed by atoms with E-state index in [1.165, 1.54) is 19.2 Å². The number of aryl methyl sites for hydroxylation is 1. The average Bonchev–Trinajstić information content (AvgIpc) is 2.50. The monoisotopic (exact) mass is 284 g/mol. The predicted octanol–water partition coefficient (Wildman–Crippen LogP) is 3.27. The van der Waals surface area contributed by atoms with Crippen LogP contribution in [0.25, 0.3) is 0 Å². The van der Waals surface area contributed by atoms with Crippen molar-refractivity contribution in [3.63, 3.8) is 0 Å². The van der Waals surface area contributed by atoms with E-state index in [-0.39, 0.29) is 5.56 Å². The van der Waals surface area contributed by atoms with Crippen LogP contribution in [0.15, 0.2) is 36.4 Å². The zero-order chi connectivity index (χ0) is 15.4. The van der Waals surface area contributed by atoms with Gasteiger partial charge in [-0.05, 0) is 30.7 Å². The summed E-state index contributed by atoms with van der Waals surface area (Å²) in [7, 11) is 1.43. The first-order valence-electron chi connectivity index (χ1n) is 6.21. The van der Waals surface area contributed by atoms with Gasteiger partial charge in [0.25, 0.3) is 5.91 Å². The molecule has 0 unspecified atom stereocenters. The quantitative estimate of drug-likeness (QED) is 0.941. The molecular weight excluding hydrogens is 271 g/mol. The van der Waals surface area contributed by atoms with Gasteiger partial charge in [-0.1, -0.05) is 12.1 Å². The van der Waals surface area contributed by atoms with Crippen LogP contribution in [-0.2, 0) is 0 Å². The van der Waals surface area contributed by atoms with Gasteiger partial charge in [-0.3, -0.25) is 4.79 Å². The lowest BCUT2D eigenvalue weighted by Gasteiger charge is -2.11. The fourth-order valence-corrected chi connectivity index (χ4v) is 1.88. The fourth-order valence-electron chi connectivity index (χ4n) is 1.88. The second-order valence-corrected chi connectivity index (χ2v) is 4.42. The Morgan fingerprint density at radius 2 is 2.10 bits per heavy atom. The summed E-state index contributed by atoms with van der Waals surface area (Å²) < 4.78 is 19.0. The molecule has 0 fully saturated rings. The van der Waals surface area contributed by atoms with Gasteiger partial charge >= 0.3 is 0 Å². The molecule has 4 nitrogen and oxygen atoms in total. The summed E-state index contributed by atoms with van der Waals surface area (Å²) in [6.45, 7) is 1.59. The van der Waals surface area contributed by atoms with Crippen LogP contribution in [0.2, 0.25) is 0 Å². The lowest BCUT2D eigenvalue weighted by molar-refractivity contribution is 0.102. The molecule has 0 saturated carbocycles. The molecule has 1 N–H and O–H groups in total. The van der Waals surface area contributed by atoms with E-state index < -0.39 is 11.7 Å². The van der Waals surface area contributed by atoms with Gasteiger partial charge in [0.15, 0.2) is 0 Å². The number of methoxy groups -OCH3 is 1. The molecule has 0 aromatic heterocycles. The van der Waals surface area contributed by atoms with Crippen LogP contribution >= 0.6 is 0 Å². The van der Waals surface area contributed by atoms with Gasteiger partial charge in [-0.25, -0.2) is 4.39 Å². The molecule has 21 heavy (non-hydrogen) atoms. The van der Waals surface area contributed by atoms with E-state index in [1.807, 2.05) is 6.07 Å². The fraction of sp³-hybridized carbons (Fsp3) is 0.125. The zero-order valence-corrected chi connectivity index (χ0v) is 11.6. The molecule has 0 radical (unpaired) electrons. The topological polar surface area (TPSA) is 62.1 Å². The Kier molecular flexibility index (Phi) is 4.19. The van der Waals surface area contributed by atoms with Crippen LogP contribution in [0.3, 0.4) is 0 Å². The number of nitriles is 1. The molecule has 0 spiro atoms. The maximum Gasteiger partial charge on any atom is 0.258 e. The van der Waals surface area contributed by atoms with Gasteiger partial charge in [0, 0.05) is 6.07 Å². The molecule has 0 atom stereocenters. The highest BCUT2D eigenvalue weighted by Crippen LogP contribution is 2.26. The van der Waals surface area contributed by atoms with Crippen LogP contribution < -0.4 is 10.1 Å². The molecule has 106 valence electrons. The maximum atomic E-state index is 13.9. The molecule has 5 heteroatoms. The highest BCUT2D eigenvalue weighted by Gasteiger charge is 2.15. The first-order chi connectivity index (χ1) is 10.1. The molecule has 2 rings (SSSR count). The van der Waals surface area contributed by atoms with Crippen molar-refractivity contribution in [2.24, 2.45) is 0 Å². The van der Waals surface area contributed by atoms with E-state index in [9.17, 15) is 9.18 Å². The number of hydrogen-bond acceptors (Lipinski definition) is 3. The van der Waals surface area contributed by atoms with E-state index in [0.29, 0.717) is 22.6 Å². The molecule has 0 aliphatic rings. The Hall–Kier alpha value is -2.87. The molecule has 2 aromatic carbocycles. The van der Waals surface area contributed by atoms with Gasteiger partial charge in [-0.15, -0.1) is 0 Å². The Bertz CT molecular complexity index is 736. The minimum atomic E-state index is -0.570. The van der Waals surface area contributed by atoms with E-state index >= 15 is 0 Å². The largest absolute Gasteiger partial charge is 0.495 e. The molecule has 1 amide bonds. The number of ether oxygens (including phenoxy) is 1. The van der Waals surface area contributed by atoms with Crippen molar-refractivity contribution in [3.8, 4) is 11.8 Å². The summed E-state index contributed by atoms with van der Waals surface area (Å²) in [4.78, 5) is 12.1. The van der Waals surface area contributed by atoms with Crippen molar-refractivity contribution in [3.05, 3.63) is 58.9 Å². The van der Waals surface area contributed by atoms with Gasteiger partial charge in [0.2, 0.25) is 0 Å². The average molecular weight is 284 g/mol. The number of nitrogens with one attached hydrogen (secondary N) is 1. The number of carbonyl (C=O) groups excluding carboxylic acids is 1. The van der Waals surface area contributed by atoms with Crippen molar-refractivity contribution >= 4 is 11.6 Å². The Balaban J connectivity index is 2.32. The van der Waals surface area contributed by atoms with Crippen LogP contribution in [0.1, 0.15) is 21.5 Å². The first-order valence-corrected chi connectivity index (χ1v) is 6.21. The van der Waals surface area contributed by atoms with Crippen molar-refractivity contribution in [1.82, 2.24) is 0 Å². The lowest BCUT2D eigenvalue weighted by Crippen LogP contribution is -2.15. The minimum Gasteiger partial charge on any atom is -0.495 e. The Morgan fingerprint density at radius 3 is 2.76 bits per heavy atom. The van der Waals surface area contributed by atoms with Crippen molar-refractivity contribution in [2.45, 2.75) is 6.92 Å². The number of benzene rings is 2. The standard InChI is InChI=1S/C16H13FN2O2/c1-10-4-3-5-12(15(10)17)16(20)19-13-7-6-11(9-18)8-14(13)21-2/h3-8H,1-2H3,(H,19,20). The Morgan fingerprint density at radius 1 is 1.33 bits per heavy atom. The van der Waals surface area contributed by atoms with Crippen LogP contribution in [-0.4, -0.2) is 13.0 Å². The number of amides is 1. The molecular formula is C16H13FN2O2. The third-order valence-corrected chi connectivity index (χ3v) is 3.02. The van der Waals surface area contributed by atoms with Crippen molar-refractivity contribution < 1.29 is 13.9 Å². The summed E-state index contributed by atoms with van der Waals surface area (Å²) in [5, 5.41) is 11.4. The second kappa shape index (κ2) is 6.06. The molecule has 0 aliphatic heterocycles. The van der Waals surface area contributed by atoms with Crippen LogP contribution in [0, 0.1) is 24.1 Å². The first kappa shape index (κ1) is 14.5. The van der Waals surface area contributed by atoms with Gasteiger partial charge in [0.1, 0.15) is 11.6 Å².